The summed E-state index contributed by atoms with van der Waals surface area (Å²) in [5, 5.41) is 6.68. The molecule has 1 aliphatic rings. The van der Waals surface area contributed by atoms with E-state index in [0.29, 0.717) is 54.2 Å². The lowest BCUT2D eigenvalue weighted by molar-refractivity contribution is -0.134. The van der Waals surface area contributed by atoms with Gasteiger partial charge in [-0.25, -0.2) is 4.98 Å². The smallest absolute Gasteiger partial charge is 0.360 e. The quantitative estimate of drug-likeness (QED) is 0.883. The molecule has 2 aromatic heterocycles. The fourth-order valence-corrected chi connectivity index (χ4v) is 3.29. The molecule has 25 heavy (non-hydrogen) atoms. The standard InChI is InChI=1S/C14H16F3N5O2S/c1-9-6-11(20-24-9)19-12(23)8-21-2-4-22(5-3-21)13-18-7-10(25-13)14(15,16)17/h6-7H,2-5,8H2,1H3,(H,19,20,23). The molecule has 1 saturated heterocycles. The van der Waals surface area contributed by atoms with E-state index >= 15 is 0 Å². The maximum absolute atomic E-state index is 12.6. The molecule has 0 unspecified atom stereocenters. The Labute approximate surface area is 145 Å². The summed E-state index contributed by atoms with van der Waals surface area (Å²) >= 11 is 0.639. The number of anilines is 2. The van der Waals surface area contributed by atoms with Crippen molar-refractivity contribution in [2.45, 2.75) is 13.1 Å². The predicted octanol–water partition coefficient (Wildman–Crippen LogP) is 2.22. The van der Waals surface area contributed by atoms with Gasteiger partial charge in [0.25, 0.3) is 0 Å². The molecule has 1 amide bonds. The highest BCUT2D eigenvalue weighted by Crippen LogP contribution is 2.36. The van der Waals surface area contributed by atoms with Crippen LogP contribution in [0.5, 0.6) is 0 Å². The topological polar surface area (TPSA) is 74.5 Å². The zero-order valence-electron chi connectivity index (χ0n) is 13.3. The third-order valence-corrected chi connectivity index (χ3v) is 4.78. The Hall–Kier alpha value is -2.14. The number of hydrogen-bond donors (Lipinski definition) is 1. The molecule has 1 aliphatic heterocycles. The van der Waals surface area contributed by atoms with Crippen LogP contribution in [0.3, 0.4) is 0 Å². The van der Waals surface area contributed by atoms with E-state index in [2.05, 4.69) is 15.5 Å². The van der Waals surface area contributed by atoms with E-state index in [-0.39, 0.29) is 12.5 Å². The summed E-state index contributed by atoms with van der Waals surface area (Å²) in [5.41, 5.74) is 0. The van der Waals surface area contributed by atoms with Crippen molar-refractivity contribution in [3.8, 4) is 0 Å². The van der Waals surface area contributed by atoms with Crippen molar-refractivity contribution in [1.29, 1.82) is 0 Å². The van der Waals surface area contributed by atoms with E-state index in [0.717, 1.165) is 6.20 Å². The number of nitrogens with one attached hydrogen (secondary N) is 1. The molecule has 3 rings (SSSR count). The number of aryl methyl sites for hydroxylation is 1. The third-order valence-electron chi connectivity index (χ3n) is 3.68. The van der Waals surface area contributed by atoms with Crippen LogP contribution in [0.15, 0.2) is 16.8 Å². The molecule has 0 aromatic carbocycles. The fourth-order valence-electron chi connectivity index (χ4n) is 2.45. The second kappa shape index (κ2) is 7.00. The number of hydrogen-bond acceptors (Lipinski definition) is 7. The Morgan fingerprint density at radius 1 is 1.36 bits per heavy atom. The Morgan fingerprint density at radius 2 is 2.08 bits per heavy atom. The predicted molar refractivity (Wildman–Crippen MR) is 85.6 cm³/mol. The van der Waals surface area contributed by atoms with Crippen LogP contribution in [0.25, 0.3) is 0 Å². The molecule has 11 heteroatoms. The number of carbonyl (C=O) groups is 1. The van der Waals surface area contributed by atoms with Crippen LogP contribution < -0.4 is 10.2 Å². The largest absolute Gasteiger partial charge is 0.427 e. The highest BCUT2D eigenvalue weighted by atomic mass is 32.1. The van der Waals surface area contributed by atoms with Crippen molar-refractivity contribution < 1.29 is 22.5 Å². The number of alkyl halides is 3. The fraction of sp³-hybridized carbons (Fsp3) is 0.500. The molecule has 0 spiro atoms. The van der Waals surface area contributed by atoms with Crippen LogP contribution in [0.1, 0.15) is 10.6 Å². The van der Waals surface area contributed by atoms with Crippen LogP contribution in [0.2, 0.25) is 0 Å². The van der Waals surface area contributed by atoms with Crippen molar-refractivity contribution >= 4 is 28.2 Å². The maximum atomic E-state index is 12.6. The molecule has 0 saturated carbocycles. The zero-order chi connectivity index (χ0) is 18.0. The molecule has 1 N–H and O–H groups in total. The SMILES string of the molecule is Cc1cc(NC(=O)CN2CCN(c3ncc(C(F)(F)F)s3)CC2)no1. The van der Waals surface area contributed by atoms with Gasteiger partial charge in [-0.2, -0.15) is 13.2 Å². The van der Waals surface area contributed by atoms with Gasteiger partial charge < -0.3 is 14.7 Å². The number of piperazine rings is 1. The van der Waals surface area contributed by atoms with Gasteiger partial charge >= 0.3 is 6.18 Å². The Kier molecular flexibility index (Phi) is 4.95. The lowest BCUT2D eigenvalue weighted by Gasteiger charge is -2.34. The average molecular weight is 375 g/mol. The first kappa shape index (κ1) is 17.7. The Bertz CT molecular complexity index is 737. The summed E-state index contributed by atoms with van der Waals surface area (Å²) in [6.45, 7) is 4.07. The maximum Gasteiger partial charge on any atom is 0.427 e. The van der Waals surface area contributed by atoms with Gasteiger partial charge in [0.1, 0.15) is 10.6 Å². The number of carbonyl (C=O) groups excluding carboxylic acids is 1. The highest BCUT2D eigenvalue weighted by molar-refractivity contribution is 7.15. The van der Waals surface area contributed by atoms with Crippen LogP contribution in [0, 0.1) is 6.92 Å². The van der Waals surface area contributed by atoms with Gasteiger partial charge in [-0.05, 0) is 6.92 Å². The molecule has 0 aliphatic carbocycles. The van der Waals surface area contributed by atoms with Gasteiger partial charge in [0.15, 0.2) is 10.9 Å². The molecule has 0 radical (unpaired) electrons. The number of rotatable bonds is 4. The Morgan fingerprint density at radius 3 is 2.64 bits per heavy atom. The molecule has 136 valence electrons. The minimum absolute atomic E-state index is 0.186. The molecular formula is C14H16F3N5O2S. The van der Waals surface area contributed by atoms with Gasteiger partial charge in [0, 0.05) is 32.2 Å². The number of amides is 1. The van der Waals surface area contributed by atoms with Crippen molar-refractivity contribution in [3.05, 3.63) is 22.9 Å². The first-order chi connectivity index (χ1) is 11.8. The highest BCUT2D eigenvalue weighted by Gasteiger charge is 2.34. The van der Waals surface area contributed by atoms with Crippen LogP contribution >= 0.6 is 11.3 Å². The van der Waals surface area contributed by atoms with Gasteiger partial charge in [-0.3, -0.25) is 9.69 Å². The summed E-state index contributed by atoms with van der Waals surface area (Å²) < 4.78 is 42.8. The van der Waals surface area contributed by atoms with Crippen molar-refractivity contribution in [2.24, 2.45) is 0 Å². The minimum atomic E-state index is -4.37. The molecule has 0 bridgehead atoms. The van der Waals surface area contributed by atoms with Crippen molar-refractivity contribution in [1.82, 2.24) is 15.0 Å². The summed E-state index contributed by atoms with van der Waals surface area (Å²) in [6, 6.07) is 1.62. The second-order valence-electron chi connectivity index (χ2n) is 5.64. The average Bonchev–Trinajstić information content (AvgIpc) is 3.17. The van der Waals surface area contributed by atoms with Crippen LogP contribution in [-0.4, -0.2) is 53.7 Å². The van der Waals surface area contributed by atoms with Crippen molar-refractivity contribution in [3.63, 3.8) is 0 Å². The van der Waals surface area contributed by atoms with Gasteiger partial charge in [-0.1, -0.05) is 16.5 Å². The van der Waals surface area contributed by atoms with E-state index in [1.165, 1.54) is 0 Å². The second-order valence-corrected chi connectivity index (χ2v) is 6.65. The normalized spacial score (nSPS) is 16.2. The van der Waals surface area contributed by atoms with Gasteiger partial charge in [0.2, 0.25) is 5.91 Å². The zero-order valence-corrected chi connectivity index (χ0v) is 14.2. The van der Waals surface area contributed by atoms with E-state index in [9.17, 15) is 18.0 Å². The Balaban J connectivity index is 1.48. The number of thiazole rings is 1. The van der Waals surface area contributed by atoms with Gasteiger partial charge in [-0.15, -0.1) is 0 Å². The molecule has 7 nitrogen and oxygen atoms in total. The summed E-state index contributed by atoms with van der Waals surface area (Å²) in [5.74, 6) is 0.754. The molecular weight excluding hydrogens is 359 g/mol. The monoisotopic (exact) mass is 375 g/mol. The first-order valence-electron chi connectivity index (χ1n) is 7.55. The molecule has 0 atom stereocenters. The lowest BCUT2D eigenvalue weighted by Crippen LogP contribution is -2.48. The van der Waals surface area contributed by atoms with Crippen LogP contribution in [0.4, 0.5) is 24.1 Å². The first-order valence-corrected chi connectivity index (χ1v) is 8.36. The molecule has 1 fully saturated rings. The summed E-state index contributed by atoms with van der Waals surface area (Å²) in [7, 11) is 0. The number of nitrogens with zero attached hydrogens (tertiary/aromatic N) is 4. The summed E-state index contributed by atoms with van der Waals surface area (Å²) in [6.07, 6.45) is -3.50. The third kappa shape index (κ3) is 4.48. The van der Waals surface area contributed by atoms with Crippen LogP contribution in [-0.2, 0) is 11.0 Å². The lowest BCUT2D eigenvalue weighted by atomic mass is 10.3. The van der Waals surface area contributed by atoms with E-state index in [1.807, 2.05) is 4.90 Å². The van der Waals surface area contributed by atoms with Crippen molar-refractivity contribution in [2.75, 3.05) is 42.9 Å². The number of aromatic nitrogens is 2. The van der Waals surface area contributed by atoms with E-state index in [1.54, 1.807) is 17.9 Å². The summed E-state index contributed by atoms with van der Waals surface area (Å²) in [4.78, 5) is 18.9. The van der Waals surface area contributed by atoms with E-state index in [4.69, 9.17) is 4.52 Å². The molecule has 2 aromatic rings. The minimum Gasteiger partial charge on any atom is -0.360 e. The van der Waals surface area contributed by atoms with Gasteiger partial charge in [0.05, 0.1) is 12.7 Å². The molecule has 3 heterocycles. The number of halogens is 3. The van der Waals surface area contributed by atoms with E-state index < -0.39 is 11.1 Å².